The third-order valence-corrected chi connectivity index (χ3v) is 6.14. The van der Waals surface area contributed by atoms with Gasteiger partial charge in [0, 0.05) is 24.7 Å². The third-order valence-electron chi connectivity index (χ3n) is 6.14. The zero-order valence-electron chi connectivity index (χ0n) is 17.7. The van der Waals surface area contributed by atoms with Crippen LogP contribution >= 0.6 is 0 Å². The lowest BCUT2D eigenvalue weighted by atomic mass is 9.94. The number of carboxylic acid groups (broad SMARTS) is 1. The van der Waals surface area contributed by atoms with E-state index in [-0.39, 0.29) is 36.8 Å². The summed E-state index contributed by atoms with van der Waals surface area (Å²) < 4.78 is 0. The van der Waals surface area contributed by atoms with Gasteiger partial charge in [0.1, 0.15) is 11.9 Å². The highest BCUT2D eigenvalue weighted by atomic mass is 16.4. The number of carboxylic acids is 1. The van der Waals surface area contributed by atoms with Crippen LogP contribution in [0.4, 0.5) is 0 Å². The number of hydrogen-bond donors (Lipinski definition) is 4. The second-order valence-electron chi connectivity index (χ2n) is 8.31. The number of nitrogens with two attached hydrogens (primary N) is 1. The van der Waals surface area contributed by atoms with Crippen LogP contribution in [-0.2, 0) is 20.9 Å². The first-order valence-electron chi connectivity index (χ1n) is 10.8. The molecule has 1 aromatic carbocycles. The topological polar surface area (TPSA) is 140 Å². The highest BCUT2D eigenvalue weighted by molar-refractivity contribution is 5.95. The summed E-state index contributed by atoms with van der Waals surface area (Å²) in [6.07, 6.45) is 5.68. The Bertz CT molecular complexity index is 820. The molecular weight excluding hydrogens is 398 g/mol. The Balaban J connectivity index is 1.52. The minimum Gasteiger partial charge on any atom is -0.480 e. The van der Waals surface area contributed by atoms with Gasteiger partial charge in [0.2, 0.25) is 11.8 Å². The number of hydrogen-bond acceptors (Lipinski definition) is 5. The van der Waals surface area contributed by atoms with Gasteiger partial charge in [0.15, 0.2) is 0 Å². The van der Waals surface area contributed by atoms with Crippen LogP contribution in [0.5, 0.6) is 0 Å². The highest BCUT2D eigenvalue weighted by Crippen LogP contribution is 2.24. The third kappa shape index (κ3) is 6.04. The highest BCUT2D eigenvalue weighted by Gasteiger charge is 2.38. The molecule has 2 fully saturated rings. The van der Waals surface area contributed by atoms with Crippen LogP contribution in [0.2, 0.25) is 0 Å². The number of likely N-dealkylation sites (tertiary alicyclic amines) is 1. The maximum Gasteiger partial charge on any atom is 0.317 e. The predicted octanol–water partition coefficient (Wildman–Crippen LogP) is 0.907. The zero-order chi connectivity index (χ0) is 22.4. The Labute approximate surface area is 182 Å². The summed E-state index contributed by atoms with van der Waals surface area (Å²) in [7, 11) is 0. The fourth-order valence-corrected chi connectivity index (χ4v) is 4.27. The number of aliphatic carboxylic acids is 1. The number of rotatable bonds is 9. The minimum atomic E-state index is -0.938. The van der Waals surface area contributed by atoms with Gasteiger partial charge in [-0.3, -0.25) is 24.7 Å². The van der Waals surface area contributed by atoms with Crippen molar-refractivity contribution >= 4 is 23.6 Å². The van der Waals surface area contributed by atoms with Crippen molar-refractivity contribution in [3.63, 3.8) is 0 Å². The van der Waals surface area contributed by atoms with Crippen molar-refractivity contribution in [3.8, 4) is 0 Å². The molecule has 0 bridgehead atoms. The fraction of sp³-hybridized carbons (Fsp3) is 0.545. The SMILES string of the molecule is N=C(N)c1ccc(CNC(=O)[C@@H]2CCN2C(=O)CN(CC(=O)O)C2CCCCC2)cc1. The molecule has 1 atom stereocenters. The smallest absolute Gasteiger partial charge is 0.317 e. The number of nitrogens with zero attached hydrogens (tertiary/aromatic N) is 2. The molecule has 1 saturated heterocycles. The summed E-state index contributed by atoms with van der Waals surface area (Å²) in [4.78, 5) is 40.0. The number of benzene rings is 1. The van der Waals surface area contributed by atoms with Crippen molar-refractivity contribution in [2.45, 2.75) is 57.2 Å². The van der Waals surface area contributed by atoms with Crippen LogP contribution in [0, 0.1) is 5.41 Å². The van der Waals surface area contributed by atoms with Crippen LogP contribution < -0.4 is 11.1 Å². The van der Waals surface area contributed by atoms with Gasteiger partial charge in [-0.05, 0) is 24.8 Å². The molecule has 1 aliphatic heterocycles. The Kier molecular flexibility index (Phi) is 7.62. The summed E-state index contributed by atoms with van der Waals surface area (Å²) in [5.74, 6) is -1.35. The maximum atomic E-state index is 12.8. The molecule has 168 valence electrons. The Hall–Kier alpha value is -2.94. The number of amidine groups is 1. The zero-order valence-corrected chi connectivity index (χ0v) is 17.7. The second-order valence-corrected chi connectivity index (χ2v) is 8.31. The molecule has 1 saturated carbocycles. The van der Waals surface area contributed by atoms with Crippen LogP contribution in [0.15, 0.2) is 24.3 Å². The minimum absolute atomic E-state index is 0.00984. The number of amides is 2. The van der Waals surface area contributed by atoms with E-state index in [0.717, 1.165) is 37.7 Å². The first-order valence-corrected chi connectivity index (χ1v) is 10.8. The predicted molar refractivity (Wildman–Crippen MR) is 116 cm³/mol. The summed E-state index contributed by atoms with van der Waals surface area (Å²) in [5.41, 5.74) is 6.94. The Morgan fingerprint density at radius 1 is 1.10 bits per heavy atom. The molecule has 9 heteroatoms. The molecule has 9 nitrogen and oxygen atoms in total. The molecule has 5 N–H and O–H groups in total. The average Bonchev–Trinajstić information content (AvgIpc) is 2.71. The molecule has 1 heterocycles. The van der Waals surface area contributed by atoms with Crippen molar-refractivity contribution in [1.29, 1.82) is 5.41 Å². The van der Waals surface area contributed by atoms with Gasteiger partial charge >= 0.3 is 5.97 Å². The monoisotopic (exact) mass is 429 g/mol. The number of carbonyl (C=O) groups excluding carboxylic acids is 2. The standard InChI is InChI=1S/C22H31N5O4/c23-21(24)16-8-6-15(7-9-16)12-25-22(31)18-10-11-27(18)19(28)13-26(14-20(29)30)17-4-2-1-3-5-17/h6-9,17-18H,1-5,10-14H2,(H3,23,24)(H,25,31)(H,29,30)/t18-/m0/s1. The first kappa shape index (κ1) is 22.7. The fourth-order valence-electron chi connectivity index (χ4n) is 4.27. The normalized spacial score (nSPS) is 19.0. The molecule has 0 spiro atoms. The van der Waals surface area contributed by atoms with E-state index < -0.39 is 12.0 Å². The van der Waals surface area contributed by atoms with Crippen LogP contribution in [-0.4, -0.2) is 70.2 Å². The van der Waals surface area contributed by atoms with Crippen molar-refractivity contribution in [3.05, 3.63) is 35.4 Å². The Morgan fingerprint density at radius 3 is 2.32 bits per heavy atom. The van der Waals surface area contributed by atoms with Gasteiger partial charge in [-0.2, -0.15) is 0 Å². The van der Waals surface area contributed by atoms with Crippen LogP contribution in [0.3, 0.4) is 0 Å². The van der Waals surface area contributed by atoms with E-state index in [1.165, 1.54) is 0 Å². The van der Waals surface area contributed by atoms with E-state index in [2.05, 4.69) is 5.32 Å². The van der Waals surface area contributed by atoms with Gasteiger partial charge in [-0.1, -0.05) is 43.5 Å². The van der Waals surface area contributed by atoms with Gasteiger partial charge in [0.05, 0.1) is 13.1 Å². The van der Waals surface area contributed by atoms with Crippen LogP contribution in [0.25, 0.3) is 0 Å². The quantitative estimate of drug-likeness (QED) is 0.340. The summed E-state index contributed by atoms with van der Waals surface area (Å²) in [6, 6.07) is 6.65. The van der Waals surface area contributed by atoms with Gasteiger partial charge in [0.25, 0.3) is 0 Å². The number of nitrogen functional groups attached to an aromatic ring is 1. The maximum absolute atomic E-state index is 12.8. The largest absolute Gasteiger partial charge is 0.480 e. The van der Waals surface area contributed by atoms with E-state index in [0.29, 0.717) is 25.1 Å². The molecule has 31 heavy (non-hydrogen) atoms. The molecular formula is C22H31N5O4. The van der Waals surface area contributed by atoms with Crippen molar-refractivity contribution < 1.29 is 19.5 Å². The molecule has 3 rings (SSSR count). The van der Waals surface area contributed by atoms with Crippen molar-refractivity contribution in [1.82, 2.24) is 15.1 Å². The molecule has 2 aliphatic rings. The van der Waals surface area contributed by atoms with E-state index in [1.807, 2.05) is 0 Å². The molecule has 0 aromatic heterocycles. The Morgan fingerprint density at radius 2 is 1.77 bits per heavy atom. The van der Waals surface area contributed by atoms with Gasteiger partial charge < -0.3 is 21.1 Å². The number of carbonyl (C=O) groups is 3. The molecule has 1 aromatic rings. The molecule has 1 aliphatic carbocycles. The van der Waals surface area contributed by atoms with Gasteiger partial charge in [-0.25, -0.2) is 0 Å². The summed E-state index contributed by atoms with van der Waals surface area (Å²) in [6.45, 7) is 0.711. The lowest BCUT2D eigenvalue weighted by molar-refractivity contribution is -0.150. The van der Waals surface area contributed by atoms with Crippen molar-refractivity contribution in [2.24, 2.45) is 5.73 Å². The van der Waals surface area contributed by atoms with E-state index in [9.17, 15) is 19.5 Å². The lowest BCUT2D eigenvalue weighted by Crippen LogP contribution is -2.60. The molecule has 0 radical (unpaired) electrons. The average molecular weight is 430 g/mol. The summed E-state index contributed by atoms with van der Waals surface area (Å²) in [5, 5.41) is 19.5. The van der Waals surface area contributed by atoms with Gasteiger partial charge in [-0.15, -0.1) is 0 Å². The van der Waals surface area contributed by atoms with Crippen LogP contribution in [0.1, 0.15) is 49.7 Å². The molecule has 0 unspecified atom stereocenters. The van der Waals surface area contributed by atoms with E-state index >= 15 is 0 Å². The lowest BCUT2D eigenvalue weighted by Gasteiger charge is -2.42. The van der Waals surface area contributed by atoms with E-state index in [4.69, 9.17) is 11.1 Å². The number of nitrogens with one attached hydrogen (secondary N) is 2. The van der Waals surface area contributed by atoms with Crippen molar-refractivity contribution in [2.75, 3.05) is 19.6 Å². The summed E-state index contributed by atoms with van der Waals surface area (Å²) >= 11 is 0. The second kappa shape index (κ2) is 10.4. The van der Waals surface area contributed by atoms with E-state index in [1.54, 1.807) is 34.1 Å². The first-order chi connectivity index (χ1) is 14.8. The molecule has 2 amide bonds.